The minimum absolute atomic E-state index is 0.182. The first kappa shape index (κ1) is 16.6. The summed E-state index contributed by atoms with van der Waals surface area (Å²) < 4.78 is 14.0. The highest BCUT2D eigenvalue weighted by Crippen LogP contribution is 2.17. The van der Waals surface area contributed by atoms with Crippen LogP contribution in [0.3, 0.4) is 0 Å². The lowest BCUT2D eigenvalue weighted by Crippen LogP contribution is -2.27. The molecule has 1 rings (SSSR count). The van der Waals surface area contributed by atoms with E-state index in [4.69, 9.17) is 0 Å². The monoisotopic (exact) mass is 330 g/mol. The van der Waals surface area contributed by atoms with Gasteiger partial charge in [-0.3, -0.25) is 0 Å². The van der Waals surface area contributed by atoms with Gasteiger partial charge in [-0.25, -0.2) is 4.39 Å². The second-order valence-corrected chi connectivity index (χ2v) is 6.05. The number of unbranched alkanes of at least 4 members (excludes halogenated alkanes) is 1. The van der Waals surface area contributed by atoms with Crippen LogP contribution in [0.2, 0.25) is 0 Å². The third-order valence-electron chi connectivity index (χ3n) is 3.32. The molecule has 0 aliphatic carbocycles. The molecule has 0 spiro atoms. The SMILES string of the molecule is CC(C)N(C)CCCCNCc1cc(F)ccc1Br. The van der Waals surface area contributed by atoms with Crippen molar-refractivity contribution < 1.29 is 4.39 Å². The van der Waals surface area contributed by atoms with Gasteiger partial charge in [0.25, 0.3) is 0 Å². The molecule has 4 heteroatoms. The molecule has 2 nitrogen and oxygen atoms in total. The highest BCUT2D eigenvalue weighted by atomic mass is 79.9. The van der Waals surface area contributed by atoms with Crippen LogP contribution in [-0.4, -0.2) is 31.1 Å². The van der Waals surface area contributed by atoms with Crippen molar-refractivity contribution in [2.45, 2.75) is 39.3 Å². The fourth-order valence-corrected chi connectivity index (χ4v) is 2.16. The van der Waals surface area contributed by atoms with Crippen molar-refractivity contribution in [2.75, 3.05) is 20.1 Å². The number of nitrogens with zero attached hydrogens (tertiary/aromatic N) is 1. The lowest BCUT2D eigenvalue weighted by atomic mass is 10.2. The zero-order valence-electron chi connectivity index (χ0n) is 12.0. The van der Waals surface area contributed by atoms with Crippen LogP contribution < -0.4 is 5.32 Å². The van der Waals surface area contributed by atoms with Gasteiger partial charge in [0.2, 0.25) is 0 Å². The number of rotatable bonds is 8. The van der Waals surface area contributed by atoms with E-state index in [0.717, 1.165) is 29.5 Å². The number of halogens is 2. The summed E-state index contributed by atoms with van der Waals surface area (Å²) in [5.41, 5.74) is 0.972. The molecule has 0 unspecified atom stereocenters. The van der Waals surface area contributed by atoms with Crippen LogP contribution in [0.5, 0.6) is 0 Å². The molecule has 19 heavy (non-hydrogen) atoms. The smallest absolute Gasteiger partial charge is 0.123 e. The molecule has 108 valence electrons. The van der Waals surface area contributed by atoms with Gasteiger partial charge in [-0.2, -0.15) is 0 Å². The first-order valence-electron chi connectivity index (χ1n) is 6.85. The Balaban J connectivity index is 2.16. The zero-order valence-corrected chi connectivity index (χ0v) is 13.6. The first-order chi connectivity index (χ1) is 9.00. The van der Waals surface area contributed by atoms with Crippen LogP contribution in [0.1, 0.15) is 32.3 Å². The Labute approximate surface area is 124 Å². The molecule has 0 bridgehead atoms. The maximum Gasteiger partial charge on any atom is 0.123 e. The lowest BCUT2D eigenvalue weighted by Gasteiger charge is -2.20. The molecule has 1 aromatic carbocycles. The molecule has 0 saturated carbocycles. The normalized spacial score (nSPS) is 11.5. The van der Waals surface area contributed by atoms with Crippen LogP contribution in [0.15, 0.2) is 22.7 Å². The van der Waals surface area contributed by atoms with Crippen molar-refractivity contribution in [3.63, 3.8) is 0 Å². The Morgan fingerprint density at radius 1 is 1.32 bits per heavy atom. The van der Waals surface area contributed by atoms with Gasteiger partial charge in [-0.05, 0) is 70.6 Å². The van der Waals surface area contributed by atoms with Gasteiger partial charge in [-0.1, -0.05) is 15.9 Å². The molecule has 0 atom stereocenters. The van der Waals surface area contributed by atoms with Crippen molar-refractivity contribution in [2.24, 2.45) is 0 Å². The maximum absolute atomic E-state index is 13.1. The maximum atomic E-state index is 13.1. The summed E-state index contributed by atoms with van der Waals surface area (Å²) >= 11 is 3.43. The van der Waals surface area contributed by atoms with Gasteiger partial charge in [0, 0.05) is 17.1 Å². The summed E-state index contributed by atoms with van der Waals surface area (Å²) in [4.78, 5) is 2.35. The van der Waals surface area contributed by atoms with Gasteiger partial charge < -0.3 is 10.2 Å². The minimum atomic E-state index is -0.182. The molecule has 0 amide bonds. The van der Waals surface area contributed by atoms with Crippen molar-refractivity contribution >= 4 is 15.9 Å². The largest absolute Gasteiger partial charge is 0.313 e. The van der Waals surface area contributed by atoms with E-state index in [1.807, 2.05) is 0 Å². The topological polar surface area (TPSA) is 15.3 Å². The van der Waals surface area contributed by atoms with Gasteiger partial charge in [0.15, 0.2) is 0 Å². The predicted molar refractivity (Wildman–Crippen MR) is 82.8 cm³/mol. The van der Waals surface area contributed by atoms with Gasteiger partial charge in [0.1, 0.15) is 5.82 Å². The van der Waals surface area contributed by atoms with E-state index in [0.29, 0.717) is 12.6 Å². The summed E-state index contributed by atoms with van der Waals surface area (Å²) in [7, 11) is 2.15. The zero-order chi connectivity index (χ0) is 14.3. The third kappa shape index (κ3) is 6.50. The fraction of sp³-hybridized carbons (Fsp3) is 0.600. The van der Waals surface area contributed by atoms with E-state index in [9.17, 15) is 4.39 Å². The average molecular weight is 331 g/mol. The number of benzene rings is 1. The molecule has 0 fully saturated rings. The summed E-state index contributed by atoms with van der Waals surface area (Å²) in [6.45, 7) is 7.22. The van der Waals surface area contributed by atoms with Crippen LogP contribution in [0.4, 0.5) is 4.39 Å². The molecule has 0 aliphatic rings. The van der Waals surface area contributed by atoms with Crippen molar-refractivity contribution in [3.8, 4) is 0 Å². The Kier molecular flexibility index (Phi) is 7.57. The number of nitrogens with one attached hydrogen (secondary N) is 1. The average Bonchev–Trinajstić information content (AvgIpc) is 2.37. The van der Waals surface area contributed by atoms with Crippen molar-refractivity contribution in [3.05, 3.63) is 34.1 Å². The van der Waals surface area contributed by atoms with E-state index < -0.39 is 0 Å². The first-order valence-corrected chi connectivity index (χ1v) is 7.65. The highest BCUT2D eigenvalue weighted by molar-refractivity contribution is 9.10. The number of hydrogen-bond donors (Lipinski definition) is 1. The van der Waals surface area contributed by atoms with Gasteiger partial charge in [0.05, 0.1) is 0 Å². The highest BCUT2D eigenvalue weighted by Gasteiger charge is 2.03. The van der Waals surface area contributed by atoms with Crippen LogP contribution >= 0.6 is 15.9 Å². The van der Waals surface area contributed by atoms with Gasteiger partial charge in [-0.15, -0.1) is 0 Å². The summed E-state index contributed by atoms with van der Waals surface area (Å²) in [5, 5.41) is 3.36. The summed E-state index contributed by atoms with van der Waals surface area (Å²) in [6, 6.07) is 5.40. The van der Waals surface area contributed by atoms with Crippen LogP contribution in [-0.2, 0) is 6.54 Å². The van der Waals surface area contributed by atoms with Crippen molar-refractivity contribution in [1.29, 1.82) is 0 Å². The fourth-order valence-electron chi connectivity index (χ4n) is 1.77. The van der Waals surface area contributed by atoms with E-state index in [2.05, 4.69) is 47.0 Å². The molecule has 0 radical (unpaired) electrons. The minimum Gasteiger partial charge on any atom is -0.313 e. The Morgan fingerprint density at radius 3 is 2.74 bits per heavy atom. The second kappa shape index (κ2) is 8.67. The molecule has 1 N–H and O–H groups in total. The predicted octanol–water partition coefficient (Wildman–Crippen LogP) is 3.80. The summed E-state index contributed by atoms with van der Waals surface area (Å²) in [5.74, 6) is -0.182. The van der Waals surface area contributed by atoms with Crippen molar-refractivity contribution in [1.82, 2.24) is 10.2 Å². The lowest BCUT2D eigenvalue weighted by molar-refractivity contribution is 0.268. The second-order valence-electron chi connectivity index (χ2n) is 5.19. The Bertz CT molecular complexity index is 382. The quantitative estimate of drug-likeness (QED) is 0.729. The molecule has 1 aromatic rings. The van der Waals surface area contributed by atoms with E-state index in [-0.39, 0.29) is 5.82 Å². The van der Waals surface area contributed by atoms with E-state index >= 15 is 0 Å². The van der Waals surface area contributed by atoms with E-state index in [1.165, 1.54) is 12.5 Å². The standard InChI is InChI=1S/C15H24BrFN2/c1-12(2)19(3)9-5-4-8-18-11-13-10-14(17)6-7-15(13)16/h6-7,10,12,18H,4-5,8-9,11H2,1-3H3. The Hall–Kier alpha value is -0.450. The Morgan fingerprint density at radius 2 is 2.05 bits per heavy atom. The van der Waals surface area contributed by atoms with Crippen LogP contribution in [0.25, 0.3) is 0 Å². The molecule has 0 aromatic heterocycles. The molecular weight excluding hydrogens is 307 g/mol. The summed E-state index contributed by atoms with van der Waals surface area (Å²) in [6.07, 6.45) is 2.33. The third-order valence-corrected chi connectivity index (χ3v) is 4.09. The number of hydrogen-bond acceptors (Lipinski definition) is 2. The molecule has 0 saturated heterocycles. The van der Waals surface area contributed by atoms with Crippen LogP contribution in [0, 0.1) is 5.82 Å². The van der Waals surface area contributed by atoms with E-state index in [1.54, 1.807) is 12.1 Å². The van der Waals surface area contributed by atoms with Gasteiger partial charge >= 0.3 is 0 Å². The molecule has 0 heterocycles. The molecular formula is C15H24BrFN2. The molecule has 0 aliphatic heterocycles.